The molecule has 0 radical (unpaired) electrons. The first-order valence-electron chi connectivity index (χ1n) is 5.44. The van der Waals surface area contributed by atoms with Crippen LogP contribution in [0, 0.1) is 0 Å². The Morgan fingerprint density at radius 1 is 1.28 bits per heavy atom. The van der Waals surface area contributed by atoms with Gasteiger partial charge in [0.25, 0.3) is 0 Å². The Bertz CT molecular complexity index is 629. The van der Waals surface area contributed by atoms with E-state index in [0.717, 1.165) is 16.2 Å². The van der Waals surface area contributed by atoms with Crippen molar-refractivity contribution in [2.24, 2.45) is 5.73 Å². The molecule has 3 rings (SSSR count). The zero-order chi connectivity index (χ0) is 12.4. The van der Waals surface area contributed by atoms with E-state index in [4.69, 9.17) is 10.3 Å². The minimum Gasteiger partial charge on any atom is -0.338 e. The predicted molar refractivity (Wildman–Crippen MR) is 67.8 cm³/mol. The first-order valence-corrected chi connectivity index (χ1v) is 6.43. The van der Waals surface area contributed by atoms with Crippen LogP contribution < -0.4 is 5.73 Å². The quantitative estimate of drug-likeness (QED) is 0.694. The van der Waals surface area contributed by atoms with Crippen molar-refractivity contribution in [2.45, 2.75) is 17.5 Å². The Balaban J connectivity index is 1.72. The van der Waals surface area contributed by atoms with Crippen molar-refractivity contribution >= 4 is 22.8 Å². The first-order chi connectivity index (χ1) is 8.85. The number of rotatable bonds is 4. The van der Waals surface area contributed by atoms with Gasteiger partial charge >= 0.3 is 0 Å². The van der Waals surface area contributed by atoms with Crippen LogP contribution in [-0.4, -0.2) is 20.1 Å². The monoisotopic (exact) mass is 261 g/mol. The molecule has 0 saturated heterocycles. The van der Waals surface area contributed by atoms with E-state index in [2.05, 4.69) is 20.1 Å². The van der Waals surface area contributed by atoms with Crippen LogP contribution in [0.5, 0.6) is 0 Å². The average Bonchev–Trinajstić information content (AvgIpc) is 3.02. The molecule has 2 heterocycles. The van der Waals surface area contributed by atoms with E-state index in [-0.39, 0.29) is 6.54 Å². The maximum absolute atomic E-state index is 5.40. The standard InChI is InChI=1S/C11H11N5OS/c12-5-10-15-9(16-17-10)6-18-11-13-7-3-1-2-4-8(7)14-11/h1-4H,5-6,12H2,(H,13,14). The van der Waals surface area contributed by atoms with Gasteiger partial charge in [-0.1, -0.05) is 29.1 Å². The van der Waals surface area contributed by atoms with Crippen LogP contribution in [0.25, 0.3) is 11.0 Å². The first kappa shape index (κ1) is 11.2. The number of hydrogen-bond donors (Lipinski definition) is 2. The van der Waals surface area contributed by atoms with Crippen molar-refractivity contribution in [3.8, 4) is 0 Å². The Morgan fingerprint density at radius 2 is 2.17 bits per heavy atom. The van der Waals surface area contributed by atoms with Crippen LogP contribution in [-0.2, 0) is 12.3 Å². The van der Waals surface area contributed by atoms with Gasteiger partial charge in [0.1, 0.15) is 0 Å². The highest BCUT2D eigenvalue weighted by Gasteiger charge is 2.07. The van der Waals surface area contributed by atoms with Gasteiger partial charge in [-0.05, 0) is 12.1 Å². The second-order valence-corrected chi connectivity index (χ2v) is 4.62. The summed E-state index contributed by atoms with van der Waals surface area (Å²) in [5.74, 6) is 1.68. The maximum Gasteiger partial charge on any atom is 0.240 e. The highest BCUT2D eigenvalue weighted by Crippen LogP contribution is 2.21. The summed E-state index contributed by atoms with van der Waals surface area (Å²) in [4.78, 5) is 11.8. The molecule has 0 aliphatic heterocycles. The number of para-hydroxylation sites is 2. The van der Waals surface area contributed by atoms with Crippen molar-refractivity contribution in [1.82, 2.24) is 20.1 Å². The Labute approximate surface area is 107 Å². The summed E-state index contributed by atoms with van der Waals surface area (Å²) in [7, 11) is 0. The molecule has 0 saturated carbocycles. The smallest absolute Gasteiger partial charge is 0.240 e. The molecule has 6 nitrogen and oxygen atoms in total. The summed E-state index contributed by atoms with van der Waals surface area (Å²) < 4.78 is 4.93. The number of aromatic amines is 1. The fourth-order valence-corrected chi connectivity index (χ4v) is 2.29. The molecule has 3 aromatic rings. The molecule has 7 heteroatoms. The third kappa shape index (κ3) is 2.22. The molecule has 0 aliphatic carbocycles. The second-order valence-electron chi connectivity index (χ2n) is 3.66. The zero-order valence-corrected chi connectivity index (χ0v) is 10.3. The van der Waals surface area contributed by atoms with E-state index in [0.29, 0.717) is 17.5 Å². The number of fused-ring (bicyclic) bond motifs is 1. The minimum absolute atomic E-state index is 0.266. The molecule has 18 heavy (non-hydrogen) atoms. The number of H-pyrrole nitrogens is 1. The van der Waals surface area contributed by atoms with Crippen LogP contribution in [0.3, 0.4) is 0 Å². The number of hydrogen-bond acceptors (Lipinski definition) is 6. The summed E-state index contributed by atoms with van der Waals surface area (Å²) in [6.45, 7) is 0.266. The molecule has 3 N–H and O–H groups in total. The second kappa shape index (κ2) is 4.79. The minimum atomic E-state index is 0.266. The Hall–Kier alpha value is -1.86. The van der Waals surface area contributed by atoms with Crippen LogP contribution >= 0.6 is 11.8 Å². The molecule has 0 atom stereocenters. The van der Waals surface area contributed by atoms with Crippen LogP contribution in [0.1, 0.15) is 11.7 Å². The van der Waals surface area contributed by atoms with Gasteiger partial charge in [0, 0.05) is 0 Å². The normalized spacial score (nSPS) is 11.2. The van der Waals surface area contributed by atoms with Gasteiger partial charge in [-0.25, -0.2) is 4.98 Å². The molecule has 0 amide bonds. The highest BCUT2D eigenvalue weighted by atomic mass is 32.2. The molecule has 0 fully saturated rings. The van der Waals surface area contributed by atoms with Crippen molar-refractivity contribution in [3.05, 3.63) is 36.0 Å². The molecule has 0 unspecified atom stereocenters. The number of nitrogens with two attached hydrogens (primary N) is 1. The van der Waals surface area contributed by atoms with Crippen molar-refractivity contribution in [1.29, 1.82) is 0 Å². The van der Waals surface area contributed by atoms with Gasteiger partial charge in [0.05, 0.1) is 23.3 Å². The van der Waals surface area contributed by atoms with E-state index < -0.39 is 0 Å². The van der Waals surface area contributed by atoms with Crippen molar-refractivity contribution in [3.63, 3.8) is 0 Å². The molecular weight excluding hydrogens is 250 g/mol. The summed E-state index contributed by atoms with van der Waals surface area (Å²) in [6.07, 6.45) is 0. The highest BCUT2D eigenvalue weighted by molar-refractivity contribution is 7.98. The lowest BCUT2D eigenvalue weighted by molar-refractivity contribution is 0.376. The lowest BCUT2D eigenvalue weighted by Crippen LogP contribution is -1.96. The van der Waals surface area contributed by atoms with E-state index in [1.165, 1.54) is 11.8 Å². The number of imidazole rings is 1. The molecule has 0 aliphatic rings. The van der Waals surface area contributed by atoms with Crippen molar-refractivity contribution in [2.75, 3.05) is 0 Å². The Kier molecular flexibility index (Phi) is 2.99. The summed E-state index contributed by atoms with van der Waals surface area (Å²) in [5, 5.41) is 4.67. The summed E-state index contributed by atoms with van der Waals surface area (Å²) >= 11 is 1.53. The predicted octanol–water partition coefficient (Wildman–Crippen LogP) is 1.70. The van der Waals surface area contributed by atoms with E-state index in [1.807, 2.05) is 24.3 Å². The van der Waals surface area contributed by atoms with Crippen LogP contribution in [0.2, 0.25) is 0 Å². The summed E-state index contributed by atoms with van der Waals surface area (Å²) in [5.41, 5.74) is 7.38. The van der Waals surface area contributed by atoms with E-state index >= 15 is 0 Å². The molecule has 2 aromatic heterocycles. The van der Waals surface area contributed by atoms with Crippen LogP contribution in [0.15, 0.2) is 33.9 Å². The maximum atomic E-state index is 5.40. The lowest BCUT2D eigenvalue weighted by atomic mass is 10.3. The fraction of sp³-hybridized carbons (Fsp3) is 0.182. The third-order valence-electron chi connectivity index (χ3n) is 2.39. The topological polar surface area (TPSA) is 93.6 Å². The number of nitrogens with one attached hydrogen (secondary N) is 1. The molecule has 0 spiro atoms. The Morgan fingerprint density at radius 3 is 2.94 bits per heavy atom. The number of aromatic nitrogens is 4. The van der Waals surface area contributed by atoms with Gasteiger partial charge in [0.2, 0.25) is 5.89 Å². The van der Waals surface area contributed by atoms with Gasteiger partial charge in [-0.15, -0.1) is 0 Å². The average molecular weight is 261 g/mol. The largest absolute Gasteiger partial charge is 0.338 e. The molecule has 92 valence electrons. The molecule has 1 aromatic carbocycles. The molecular formula is C11H11N5OS. The van der Waals surface area contributed by atoms with Gasteiger partial charge in [-0.3, -0.25) is 0 Å². The van der Waals surface area contributed by atoms with Gasteiger partial charge in [0.15, 0.2) is 11.0 Å². The fourth-order valence-electron chi connectivity index (χ4n) is 1.56. The van der Waals surface area contributed by atoms with Crippen molar-refractivity contribution < 1.29 is 4.52 Å². The zero-order valence-electron chi connectivity index (χ0n) is 9.46. The third-order valence-corrected chi connectivity index (χ3v) is 3.26. The van der Waals surface area contributed by atoms with Gasteiger partial charge in [-0.2, -0.15) is 4.98 Å². The number of benzene rings is 1. The van der Waals surface area contributed by atoms with E-state index in [9.17, 15) is 0 Å². The number of nitrogens with zero attached hydrogens (tertiary/aromatic N) is 3. The summed E-state index contributed by atoms with van der Waals surface area (Å²) in [6, 6.07) is 7.90. The lowest BCUT2D eigenvalue weighted by Gasteiger charge is -1.90. The SMILES string of the molecule is NCc1nc(CSc2nc3ccccc3[nH]2)no1. The molecule has 0 bridgehead atoms. The number of thioether (sulfide) groups is 1. The van der Waals surface area contributed by atoms with Gasteiger partial charge < -0.3 is 15.2 Å². The van der Waals surface area contributed by atoms with E-state index in [1.54, 1.807) is 0 Å². The van der Waals surface area contributed by atoms with Crippen LogP contribution in [0.4, 0.5) is 0 Å².